The fourth-order valence-corrected chi connectivity index (χ4v) is 2.23. The Labute approximate surface area is 126 Å². The quantitative estimate of drug-likeness (QED) is 0.810. The zero-order chi connectivity index (χ0) is 15.1. The minimum Gasteiger partial charge on any atom is -0.496 e. The lowest BCUT2D eigenvalue weighted by Crippen LogP contribution is -2.37. The normalized spacial score (nSPS) is 12.6. The fourth-order valence-electron chi connectivity index (χ4n) is 2.23. The average Bonchev–Trinajstić information content (AvgIpc) is 3.01. The Bertz CT molecular complexity index is 525. The second-order valence-corrected chi connectivity index (χ2v) is 5.29. The van der Waals surface area contributed by atoms with Gasteiger partial charge in [-0.05, 0) is 32.2 Å². The number of likely N-dealkylation sites (N-methyl/N-ethyl adjacent to an activating group) is 1. The second-order valence-electron chi connectivity index (χ2n) is 5.29. The molecule has 4 heteroatoms. The molecule has 1 aromatic carbocycles. The number of nitrogens with one attached hydrogen (secondary N) is 1. The molecule has 4 nitrogen and oxygen atoms in total. The molecule has 0 aliphatic heterocycles. The number of nitrogens with zero attached hydrogens (tertiary/aromatic N) is 1. The molecule has 0 bridgehead atoms. The summed E-state index contributed by atoms with van der Waals surface area (Å²) in [4.78, 5) is 2.31. The first-order valence-electron chi connectivity index (χ1n) is 7.26. The molecule has 0 fully saturated rings. The van der Waals surface area contributed by atoms with Crippen LogP contribution in [0.4, 0.5) is 0 Å². The first-order valence-corrected chi connectivity index (χ1v) is 7.26. The van der Waals surface area contributed by atoms with Crippen LogP contribution >= 0.6 is 0 Å². The molecule has 0 aliphatic rings. The molecule has 0 saturated carbocycles. The van der Waals surface area contributed by atoms with Gasteiger partial charge in [0.15, 0.2) is 0 Å². The summed E-state index contributed by atoms with van der Waals surface area (Å²) in [5, 5.41) is 3.42. The first kappa shape index (κ1) is 15.6. The summed E-state index contributed by atoms with van der Waals surface area (Å²) in [6, 6.07) is 12.5. The molecule has 0 amide bonds. The molecule has 1 N–H and O–H groups in total. The fraction of sp³-hybridized carbons (Fsp3) is 0.412. The van der Waals surface area contributed by atoms with Crippen LogP contribution in [0.25, 0.3) is 0 Å². The standard InChI is InChI=1S/C17H24N2O2/c1-14(11-18-12-16-8-6-10-21-16)19(2)13-15-7-4-5-9-17(15)20-3/h4-10,14,18H,11-13H2,1-3H3. The lowest BCUT2D eigenvalue weighted by molar-refractivity contribution is 0.238. The van der Waals surface area contributed by atoms with E-state index >= 15 is 0 Å². The van der Waals surface area contributed by atoms with Gasteiger partial charge < -0.3 is 14.5 Å². The number of methoxy groups -OCH3 is 1. The highest BCUT2D eigenvalue weighted by molar-refractivity contribution is 5.33. The van der Waals surface area contributed by atoms with E-state index in [2.05, 4.69) is 30.3 Å². The average molecular weight is 288 g/mol. The van der Waals surface area contributed by atoms with Crippen molar-refractivity contribution in [2.24, 2.45) is 0 Å². The van der Waals surface area contributed by atoms with Gasteiger partial charge in [0.2, 0.25) is 0 Å². The summed E-state index contributed by atoms with van der Waals surface area (Å²) in [6.45, 7) is 4.75. The largest absolute Gasteiger partial charge is 0.496 e. The van der Waals surface area contributed by atoms with E-state index in [-0.39, 0.29) is 0 Å². The molecular weight excluding hydrogens is 264 g/mol. The van der Waals surface area contributed by atoms with Gasteiger partial charge in [-0.3, -0.25) is 4.90 Å². The molecule has 0 aliphatic carbocycles. The number of ether oxygens (including phenoxy) is 1. The summed E-state index contributed by atoms with van der Waals surface area (Å²) >= 11 is 0. The second kappa shape index (κ2) is 7.86. The molecule has 0 radical (unpaired) electrons. The van der Waals surface area contributed by atoms with Gasteiger partial charge in [0, 0.05) is 24.7 Å². The van der Waals surface area contributed by atoms with Gasteiger partial charge in [0.05, 0.1) is 19.9 Å². The van der Waals surface area contributed by atoms with Gasteiger partial charge in [-0.2, -0.15) is 0 Å². The molecule has 2 aromatic rings. The van der Waals surface area contributed by atoms with E-state index in [0.717, 1.165) is 31.1 Å². The summed E-state index contributed by atoms with van der Waals surface area (Å²) in [7, 11) is 3.85. The summed E-state index contributed by atoms with van der Waals surface area (Å²) in [5.74, 6) is 1.91. The first-order chi connectivity index (χ1) is 10.2. The van der Waals surface area contributed by atoms with Crippen molar-refractivity contribution in [2.75, 3.05) is 20.7 Å². The predicted octanol–water partition coefficient (Wildman–Crippen LogP) is 2.90. The lowest BCUT2D eigenvalue weighted by Gasteiger charge is -2.25. The van der Waals surface area contributed by atoms with Crippen LogP contribution in [0.1, 0.15) is 18.2 Å². The van der Waals surface area contributed by atoms with Gasteiger partial charge in [0.25, 0.3) is 0 Å². The van der Waals surface area contributed by atoms with Crippen molar-refractivity contribution >= 4 is 0 Å². The van der Waals surface area contributed by atoms with Gasteiger partial charge in [-0.25, -0.2) is 0 Å². The third-order valence-electron chi connectivity index (χ3n) is 3.68. The summed E-state index contributed by atoms with van der Waals surface area (Å²) in [6.07, 6.45) is 1.70. The van der Waals surface area contributed by atoms with E-state index in [0.29, 0.717) is 6.04 Å². The highest BCUT2D eigenvalue weighted by Crippen LogP contribution is 2.19. The van der Waals surface area contributed by atoms with E-state index in [1.165, 1.54) is 5.56 Å². The summed E-state index contributed by atoms with van der Waals surface area (Å²) < 4.78 is 10.7. The van der Waals surface area contributed by atoms with Crippen LogP contribution in [0.5, 0.6) is 5.75 Å². The van der Waals surface area contributed by atoms with Crippen molar-refractivity contribution in [1.82, 2.24) is 10.2 Å². The van der Waals surface area contributed by atoms with Crippen molar-refractivity contribution in [2.45, 2.75) is 26.1 Å². The van der Waals surface area contributed by atoms with Crippen LogP contribution in [0, 0.1) is 0 Å². The molecule has 114 valence electrons. The monoisotopic (exact) mass is 288 g/mol. The van der Waals surface area contributed by atoms with Gasteiger partial charge in [0.1, 0.15) is 11.5 Å². The molecular formula is C17H24N2O2. The Morgan fingerprint density at radius 3 is 2.76 bits per heavy atom. The number of hydrogen-bond acceptors (Lipinski definition) is 4. The zero-order valence-electron chi connectivity index (χ0n) is 13.0. The van der Waals surface area contributed by atoms with Gasteiger partial charge in [-0.15, -0.1) is 0 Å². The third kappa shape index (κ3) is 4.62. The zero-order valence-corrected chi connectivity index (χ0v) is 13.0. The van der Waals surface area contributed by atoms with Crippen molar-refractivity contribution in [3.8, 4) is 5.75 Å². The minimum absolute atomic E-state index is 0.421. The molecule has 1 atom stereocenters. The van der Waals surface area contributed by atoms with Crippen molar-refractivity contribution < 1.29 is 9.15 Å². The molecule has 1 unspecified atom stereocenters. The Balaban J connectivity index is 1.80. The maximum Gasteiger partial charge on any atom is 0.123 e. The van der Waals surface area contributed by atoms with Crippen LogP contribution in [0.15, 0.2) is 47.1 Å². The maximum absolute atomic E-state index is 5.40. The molecule has 1 aromatic heterocycles. The van der Waals surface area contributed by atoms with Crippen LogP contribution in [0.2, 0.25) is 0 Å². The van der Waals surface area contributed by atoms with E-state index < -0.39 is 0 Å². The predicted molar refractivity (Wildman–Crippen MR) is 84.3 cm³/mol. The molecule has 2 rings (SSSR count). The van der Waals surface area contributed by atoms with E-state index in [1.54, 1.807) is 13.4 Å². The Morgan fingerprint density at radius 1 is 1.24 bits per heavy atom. The van der Waals surface area contributed by atoms with Crippen molar-refractivity contribution in [3.63, 3.8) is 0 Å². The van der Waals surface area contributed by atoms with Crippen LogP contribution in [-0.4, -0.2) is 31.6 Å². The van der Waals surface area contributed by atoms with Crippen LogP contribution in [-0.2, 0) is 13.1 Å². The van der Waals surface area contributed by atoms with Gasteiger partial charge in [-0.1, -0.05) is 18.2 Å². The van der Waals surface area contributed by atoms with E-state index in [9.17, 15) is 0 Å². The molecule has 0 saturated heterocycles. The number of benzene rings is 1. The Morgan fingerprint density at radius 2 is 2.05 bits per heavy atom. The molecule has 0 spiro atoms. The topological polar surface area (TPSA) is 37.6 Å². The van der Waals surface area contributed by atoms with E-state index in [4.69, 9.17) is 9.15 Å². The highest BCUT2D eigenvalue weighted by atomic mass is 16.5. The minimum atomic E-state index is 0.421. The van der Waals surface area contributed by atoms with E-state index in [1.807, 2.05) is 30.3 Å². The Kier molecular flexibility index (Phi) is 5.84. The van der Waals surface area contributed by atoms with Crippen LogP contribution < -0.4 is 10.1 Å². The SMILES string of the molecule is COc1ccccc1CN(C)C(C)CNCc1ccco1. The smallest absolute Gasteiger partial charge is 0.123 e. The maximum atomic E-state index is 5.40. The number of rotatable bonds is 8. The number of hydrogen-bond donors (Lipinski definition) is 1. The van der Waals surface area contributed by atoms with Gasteiger partial charge >= 0.3 is 0 Å². The number of para-hydroxylation sites is 1. The molecule has 21 heavy (non-hydrogen) atoms. The lowest BCUT2D eigenvalue weighted by atomic mass is 10.1. The van der Waals surface area contributed by atoms with Crippen molar-refractivity contribution in [3.05, 3.63) is 54.0 Å². The third-order valence-corrected chi connectivity index (χ3v) is 3.68. The van der Waals surface area contributed by atoms with Crippen LogP contribution in [0.3, 0.4) is 0 Å². The van der Waals surface area contributed by atoms with Crippen molar-refractivity contribution in [1.29, 1.82) is 0 Å². The molecule has 1 heterocycles. The summed E-state index contributed by atoms with van der Waals surface area (Å²) in [5.41, 5.74) is 1.21. The Hall–Kier alpha value is -1.78. The number of furan rings is 1. The highest BCUT2D eigenvalue weighted by Gasteiger charge is 2.11.